The summed E-state index contributed by atoms with van der Waals surface area (Å²) in [7, 11) is 0. The molecule has 1 heterocycles. The molecule has 2 atom stereocenters. The van der Waals surface area contributed by atoms with E-state index in [1.54, 1.807) is 0 Å². The van der Waals surface area contributed by atoms with Gasteiger partial charge in [0.25, 0.3) is 0 Å². The largest absolute Gasteiger partial charge is 0.301 e. The van der Waals surface area contributed by atoms with Gasteiger partial charge in [-0.2, -0.15) is 5.26 Å². The maximum absolute atomic E-state index is 9.89. The highest BCUT2D eigenvalue weighted by atomic mass is 15.2. The monoisotopic (exact) mass is 285 g/mol. The van der Waals surface area contributed by atoms with Gasteiger partial charge in [0.15, 0.2) is 0 Å². The molecule has 114 valence electrons. The van der Waals surface area contributed by atoms with Gasteiger partial charge in [0, 0.05) is 18.6 Å². The summed E-state index contributed by atoms with van der Waals surface area (Å²) in [6.45, 7) is 8.64. The second-order valence-corrected chi connectivity index (χ2v) is 6.46. The predicted octanol–water partition coefficient (Wildman–Crippen LogP) is 3.28. The van der Waals surface area contributed by atoms with E-state index in [1.807, 2.05) is 18.2 Å². The van der Waals surface area contributed by atoms with Crippen molar-refractivity contribution < 1.29 is 0 Å². The second-order valence-electron chi connectivity index (χ2n) is 6.46. The average molecular weight is 285 g/mol. The molecule has 0 aromatic heterocycles. The van der Waals surface area contributed by atoms with Crippen molar-refractivity contribution in [2.45, 2.75) is 57.7 Å². The lowest BCUT2D eigenvalue weighted by Gasteiger charge is -2.33. The van der Waals surface area contributed by atoms with Crippen molar-refractivity contribution in [1.82, 2.24) is 10.2 Å². The molecular formula is C18H27N3. The van der Waals surface area contributed by atoms with E-state index in [0.717, 1.165) is 18.5 Å². The normalized spacial score (nSPS) is 22.1. The molecule has 0 saturated carbocycles. The molecule has 1 fully saturated rings. The molecule has 1 aliphatic rings. The zero-order chi connectivity index (χ0) is 15.3. The first kappa shape index (κ1) is 16.0. The fourth-order valence-electron chi connectivity index (χ4n) is 3.30. The van der Waals surface area contributed by atoms with E-state index in [9.17, 15) is 5.26 Å². The smallest absolute Gasteiger partial charge is 0.133 e. The summed E-state index contributed by atoms with van der Waals surface area (Å²) in [5.74, 6) is 0. The third-order valence-electron chi connectivity index (χ3n) is 4.46. The second kappa shape index (κ2) is 7.06. The van der Waals surface area contributed by atoms with Crippen molar-refractivity contribution >= 4 is 0 Å². The molecule has 3 nitrogen and oxygen atoms in total. The summed E-state index contributed by atoms with van der Waals surface area (Å²) < 4.78 is 0. The number of likely N-dealkylation sites (tertiary alicyclic amines) is 1. The highest BCUT2D eigenvalue weighted by Gasteiger charge is 2.34. The summed E-state index contributed by atoms with van der Waals surface area (Å²) in [5.41, 5.74) is 0.491. The highest BCUT2D eigenvalue weighted by molar-refractivity contribution is 5.31. The Balaban J connectivity index is 2.17. The van der Waals surface area contributed by atoms with Crippen molar-refractivity contribution in [2.24, 2.45) is 0 Å². The van der Waals surface area contributed by atoms with Gasteiger partial charge in [-0.25, -0.2) is 0 Å². The number of nitriles is 1. The summed E-state index contributed by atoms with van der Waals surface area (Å²) in [6, 6.07) is 13.7. The predicted molar refractivity (Wildman–Crippen MR) is 86.9 cm³/mol. The topological polar surface area (TPSA) is 39.1 Å². The Morgan fingerprint density at radius 3 is 2.62 bits per heavy atom. The zero-order valence-electron chi connectivity index (χ0n) is 13.5. The van der Waals surface area contributed by atoms with E-state index in [4.69, 9.17) is 0 Å². The molecule has 0 bridgehead atoms. The molecule has 1 saturated heterocycles. The van der Waals surface area contributed by atoms with Crippen LogP contribution in [0.4, 0.5) is 0 Å². The number of hydrogen-bond acceptors (Lipinski definition) is 3. The van der Waals surface area contributed by atoms with E-state index in [-0.39, 0.29) is 6.04 Å². The van der Waals surface area contributed by atoms with Gasteiger partial charge in [-0.3, -0.25) is 5.32 Å². The minimum Gasteiger partial charge on any atom is -0.301 e. The number of benzene rings is 1. The maximum atomic E-state index is 9.89. The molecule has 1 aromatic carbocycles. The zero-order valence-corrected chi connectivity index (χ0v) is 13.5. The van der Waals surface area contributed by atoms with Crippen molar-refractivity contribution in [3.63, 3.8) is 0 Å². The molecule has 0 radical (unpaired) electrons. The van der Waals surface area contributed by atoms with Gasteiger partial charge in [0.05, 0.1) is 6.07 Å². The quantitative estimate of drug-likeness (QED) is 0.872. The molecule has 1 aliphatic heterocycles. The lowest BCUT2D eigenvalue weighted by atomic mass is 9.87. The van der Waals surface area contributed by atoms with Crippen LogP contribution in [0.2, 0.25) is 0 Å². The Kier molecular flexibility index (Phi) is 5.39. The van der Waals surface area contributed by atoms with Crippen LogP contribution in [-0.4, -0.2) is 30.1 Å². The van der Waals surface area contributed by atoms with Crippen LogP contribution < -0.4 is 5.32 Å². The molecule has 0 spiro atoms. The average Bonchev–Trinajstić information content (AvgIpc) is 2.89. The lowest BCUT2D eigenvalue weighted by Crippen LogP contribution is -2.47. The summed E-state index contributed by atoms with van der Waals surface area (Å²) >= 11 is 0. The van der Waals surface area contributed by atoms with E-state index in [1.165, 1.54) is 19.4 Å². The number of nitrogens with one attached hydrogen (secondary N) is 1. The molecule has 21 heavy (non-hydrogen) atoms. The van der Waals surface area contributed by atoms with Crippen LogP contribution in [0.5, 0.6) is 0 Å². The van der Waals surface area contributed by atoms with Crippen LogP contribution in [0, 0.1) is 11.3 Å². The first-order valence-corrected chi connectivity index (χ1v) is 8.06. The standard InChI is InChI=1S/C18H27N3/c1-15(2)20-18(14-19,17-9-5-4-6-10-17)11-13-21-12-7-8-16(21)3/h4-6,9-10,15-16,20H,7-8,11-13H2,1-3H3. The van der Waals surface area contributed by atoms with Crippen LogP contribution in [-0.2, 0) is 5.54 Å². The van der Waals surface area contributed by atoms with Gasteiger partial charge in [0.2, 0.25) is 0 Å². The van der Waals surface area contributed by atoms with E-state index < -0.39 is 5.54 Å². The highest BCUT2D eigenvalue weighted by Crippen LogP contribution is 2.27. The fraction of sp³-hybridized carbons (Fsp3) is 0.611. The molecular weight excluding hydrogens is 258 g/mol. The minimum absolute atomic E-state index is 0.279. The molecule has 1 N–H and O–H groups in total. The van der Waals surface area contributed by atoms with Crippen molar-refractivity contribution in [3.05, 3.63) is 35.9 Å². The van der Waals surface area contributed by atoms with Crippen molar-refractivity contribution in [1.29, 1.82) is 5.26 Å². The van der Waals surface area contributed by atoms with Gasteiger partial charge < -0.3 is 4.90 Å². The first-order valence-electron chi connectivity index (χ1n) is 8.06. The number of rotatable bonds is 6. The summed E-state index contributed by atoms with van der Waals surface area (Å²) in [6.07, 6.45) is 3.39. The number of nitrogens with zero attached hydrogens (tertiary/aromatic N) is 2. The van der Waals surface area contributed by atoms with Crippen LogP contribution >= 0.6 is 0 Å². The van der Waals surface area contributed by atoms with Gasteiger partial charge in [-0.05, 0) is 52.1 Å². The van der Waals surface area contributed by atoms with Gasteiger partial charge in [-0.1, -0.05) is 30.3 Å². The Morgan fingerprint density at radius 2 is 2.10 bits per heavy atom. The minimum atomic E-state index is -0.586. The Morgan fingerprint density at radius 1 is 1.38 bits per heavy atom. The SMILES string of the molecule is CC(C)NC(C#N)(CCN1CCCC1C)c1ccccc1. The summed E-state index contributed by atoms with van der Waals surface area (Å²) in [5, 5.41) is 13.4. The van der Waals surface area contributed by atoms with E-state index >= 15 is 0 Å². The van der Waals surface area contributed by atoms with Gasteiger partial charge in [0.1, 0.15) is 5.54 Å². The maximum Gasteiger partial charge on any atom is 0.133 e. The first-order chi connectivity index (χ1) is 10.1. The molecule has 2 unspecified atom stereocenters. The van der Waals surface area contributed by atoms with Crippen molar-refractivity contribution in [2.75, 3.05) is 13.1 Å². The molecule has 1 aromatic rings. The third kappa shape index (κ3) is 3.84. The fourth-order valence-corrected chi connectivity index (χ4v) is 3.30. The van der Waals surface area contributed by atoms with Gasteiger partial charge in [-0.15, -0.1) is 0 Å². The molecule has 0 amide bonds. The van der Waals surface area contributed by atoms with Crippen LogP contribution in [0.25, 0.3) is 0 Å². The molecule has 0 aliphatic carbocycles. The lowest BCUT2D eigenvalue weighted by molar-refractivity contribution is 0.230. The molecule has 3 heteroatoms. The van der Waals surface area contributed by atoms with Crippen LogP contribution in [0.1, 0.15) is 45.6 Å². The van der Waals surface area contributed by atoms with E-state index in [2.05, 4.69) is 49.2 Å². The van der Waals surface area contributed by atoms with Crippen LogP contribution in [0.15, 0.2) is 30.3 Å². The van der Waals surface area contributed by atoms with Gasteiger partial charge >= 0.3 is 0 Å². The molecule has 2 rings (SSSR count). The third-order valence-corrected chi connectivity index (χ3v) is 4.46. The number of hydrogen-bond donors (Lipinski definition) is 1. The Labute approximate surface area is 129 Å². The Bertz CT molecular complexity index is 477. The van der Waals surface area contributed by atoms with Crippen LogP contribution in [0.3, 0.4) is 0 Å². The van der Waals surface area contributed by atoms with E-state index in [0.29, 0.717) is 6.04 Å². The van der Waals surface area contributed by atoms with Crippen molar-refractivity contribution in [3.8, 4) is 6.07 Å². The Hall–Kier alpha value is -1.37. The summed E-state index contributed by atoms with van der Waals surface area (Å²) in [4.78, 5) is 2.51.